The van der Waals surface area contributed by atoms with Gasteiger partial charge in [0.2, 0.25) is 10.0 Å². The lowest BCUT2D eigenvalue weighted by molar-refractivity contribution is 0.264. The molecular formula is C14H22N2O3S. The second kappa shape index (κ2) is 6.11. The van der Waals surface area contributed by atoms with Crippen molar-refractivity contribution in [3.05, 3.63) is 23.8 Å². The summed E-state index contributed by atoms with van der Waals surface area (Å²) in [7, 11) is -3.50. The van der Waals surface area contributed by atoms with E-state index in [2.05, 4.69) is 0 Å². The smallest absolute Gasteiger partial charge is 0.243 e. The van der Waals surface area contributed by atoms with Gasteiger partial charge in [0, 0.05) is 24.9 Å². The maximum absolute atomic E-state index is 12.8. The predicted octanol–water partition coefficient (Wildman–Crippen LogP) is 1.50. The summed E-state index contributed by atoms with van der Waals surface area (Å²) in [6.45, 7) is 2.43. The fourth-order valence-electron chi connectivity index (χ4n) is 2.76. The van der Waals surface area contributed by atoms with Crippen LogP contribution in [0, 0.1) is 6.92 Å². The SMILES string of the molecule is Cc1ccc(N)cc1S(=O)(=O)N1CCCC1CCCO. The summed E-state index contributed by atoms with van der Waals surface area (Å²) in [6.07, 6.45) is 3.07. The topological polar surface area (TPSA) is 83.6 Å². The molecule has 2 rings (SSSR count). The molecule has 1 heterocycles. The highest BCUT2D eigenvalue weighted by Crippen LogP contribution is 2.30. The highest BCUT2D eigenvalue weighted by atomic mass is 32.2. The lowest BCUT2D eigenvalue weighted by Crippen LogP contribution is -2.36. The second-order valence-electron chi connectivity index (χ2n) is 5.30. The van der Waals surface area contributed by atoms with E-state index in [-0.39, 0.29) is 12.6 Å². The number of aliphatic hydroxyl groups is 1. The summed E-state index contributed by atoms with van der Waals surface area (Å²) >= 11 is 0. The predicted molar refractivity (Wildman–Crippen MR) is 78.8 cm³/mol. The molecule has 5 nitrogen and oxygen atoms in total. The number of nitrogens with zero attached hydrogens (tertiary/aromatic N) is 1. The van der Waals surface area contributed by atoms with Crippen molar-refractivity contribution in [2.24, 2.45) is 0 Å². The minimum Gasteiger partial charge on any atom is -0.399 e. The number of aryl methyl sites for hydroxylation is 1. The van der Waals surface area contributed by atoms with Gasteiger partial charge in [0.25, 0.3) is 0 Å². The van der Waals surface area contributed by atoms with Crippen LogP contribution in [0.15, 0.2) is 23.1 Å². The van der Waals surface area contributed by atoms with Crippen LogP contribution >= 0.6 is 0 Å². The molecule has 1 unspecified atom stereocenters. The molecule has 112 valence electrons. The van der Waals surface area contributed by atoms with Crippen molar-refractivity contribution >= 4 is 15.7 Å². The zero-order valence-electron chi connectivity index (χ0n) is 11.7. The molecule has 0 radical (unpaired) electrons. The van der Waals surface area contributed by atoms with Crippen molar-refractivity contribution in [1.29, 1.82) is 0 Å². The van der Waals surface area contributed by atoms with Gasteiger partial charge in [-0.2, -0.15) is 4.31 Å². The Hall–Kier alpha value is -1.11. The molecule has 0 spiro atoms. The fourth-order valence-corrected chi connectivity index (χ4v) is 4.75. The van der Waals surface area contributed by atoms with E-state index in [1.807, 2.05) is 0 Å². The third kappa shape index (κ3) is 2.97. The van der Waals surface area contributed by atoms with E-state index in [4.69, 9.17) is 10.8 Å². The van der Waals surface area contributed by atoms with Gasteiger partial charge >= 0.3 is 0 Å². The first-order valence-corrected chi connectivity index (χ1v) is 8.39. The van der Waals surface area contributed by atoms with Crippen LogP contribution in [0.5, 0.6) is 0 Å². The van der Waals surface area contributed by atoms with E-state index in [0.29, 0.717) is 35.5 Å². The molecule has 1 aromatic carbocycles. The average Bonchev–Trinajstić information content (AvgIpc) is 2.88. The summed E-state index contributed by atoms with van der Waals surface area (Å²) in [6, 6.07) is 4.97. The van der Waals surface area contributed by atoms with E-state index in [1.165, 1.54) is 6.07 Å². The quantitative estimate of drug-likeness (QED) is 0.807. The van der Waals surface area contributed by atoms with Gasteiger partial charge in [0.15, 0.2) is 0 Å². The number of hydrogen-bond acceptors (Lipinski definition) is 4. The molecule has 0 aliphatic carbocycles. The standard InChI is InChI=1S/C14H22N2O3S/c1-11-6-7-12(15)10-14(11)20(18,19)16-8-2-4-13(16)5-3-9-17/h6-7,10,13,17H,2-5,8-9,15H2,1H3. The maximum Gasteiger partial charge on any atom is 0.243 e. The maximum atomic E-state index is 12.8. The number of hydrogen-bond donors (Lipinski definition) is 2. The lowest BCUT2D eigenvalue weighted by atomic mass is 10.1. The Bertz CT molecular complexity index is 572. The van der Waals surface area contributed by atoms with Gasteiger partial charge in [0.05, 0.1) is 4.90 Å². The van der Waals surface area contributed by atoms with Gasteiger partial charge in [-0.1, -0.05) is 6.07 Å². The molecule has 1 aliphatic rings. The largest absolute Gasteiger partial charge is 0.399 e. The Kier molecular flexibility index (Phi) is 4.67. The summed E-state index contributed by atoms with van der Waals surface area (Å²) in [5.74, 6) is 0. The monoisotopic (exact) mass is 298 g/mol. The van der Waals surface area contributed by atoms with Crippen molar-refractivity contribution in [2.45, 2.75) is 43.5 Å². The Morgan fingerprint density at radius 3 is 2.90 bits per heavy atom. The molecule has 1 fully saturated rings. The van der Waals surface area contributed by atoms with Crippen molar-refractivity contribution < 1.29 is 13.5 Å². The van der Waals surface area contributed by atoms with Gasteiger partial charge in [-0.3, -0.25) is 0 Å². The number of rotatable bonds is 5. The van der Waals surface area contributed by atoms with Crippen molar-refractivity contribution in [1.82, 2.24) is 4.31 Å². The van der Waals surface area contributed by atoms with E-state index < -0.39 is 10.0 Å². The normalized spacial score (nSPS) is 20.4. The zero-order chi connectivity index (χ0) is 14.8. The minimum atomic E-state index is -3.50. The molecule has 0 bridgehead atoms. The number of benzene rings is 1. The lowest BCUT2D eigenvalue weighted by Gasteiger charge is -2.24. The molecule has 0 saturated carbocycles. The van der Waals surface area contributed by atoms with E-state index in [1.54, 1.807) is 23.4 Å². The average molecular weight is 298 g/mol. The summed E-state index contributed by atoms with van der Waals surface area (Å²) in [5, 5.41) is 8.93. The Labute approximate surface area is 120 Å². The minimum absolute atomic E-state index is 0.00650. The summed E-state index contributed by atoms with van der Waals surface area (Å²) in [4.78, 5) is 0.299. The van der Waals surface area contributed by atoms with Crippen LogP contribution in [0.4, 0.5) is 5.69 Å². The van der Waals surface area contributed by atoms with E-state index in [0.717, 1.165) is 12.8 Å². The number of anilines is 1. The molecule has 0 amide bonds. The molecule has 1 aliphatic heterocycles. The van der Waals surface area contributed by atoms with E-state index in [9.17, 15) is 8.42 Å². The van der Waals surface area contributed by atoms with Crippen LogP contribution in [0.2, 0.25) is 0 Å². The van der Waals surface area contributed by atoms with Crippen LogP contribution in [0.3, 0.4) is 0 Å². The summed E-state index contributed by atoms with van der Waals surface area (Å²) in [5.41, 5.74) is 6.90. The second-order valence-corrected chi connectivity index (χ2v) is 7.16. The molecule has 1 atom stereocenters. The van der Waals surface area contributed by atoms with Crippen LogP contribution < -0.4 is 5.73 Å². The van der Waals surface area contributed by atoms with Gasteiger partial charge in [-0.25, -0.2) is 8.42 Å². The molecule has 6 heteroatoms. The molecule has 0 aromatic heterocycles. The molecule has 20 heavy (non-hydrogen) atoms. The zero-order valence-corrected chi connectivity index (χ0v) is 12.6. The van der Waals surface area contributed by atoms with Gasteiger partial charge in [0.1, 0.15) is 0 Å². The van der Waals surface area contributed by atoms with Gasteiger partial charge in [-0.05, 0) is 50.3 Å². The highest BCUT2D eigenvalue weighted by molar-refractivity contribution is 7.89. The van der Waals surface area contributed by atoms with Crippen LogP contribution in [0.25, 0.3) is 0 Å². The number of nitrogen functional groups attached to an aromatic ring is 1. The van der Waals surface area contributed by atoms with Gasteiger partial charge < -0.3 is 10.8 Å². The van der Waals surface area contributed by atoms with Crippen LogP contribution in [-0.4, -0.2) is 37.0 Å². The highest BCUT2D eigenvalue weighted by Gasteiger charge is 2.35. The molecule has 3 N–H and O–H groups in total. The first-order chi connectivity index (χ1) is 9.46. The first kappa shape index (κ1) is 15.3. The Balaban J connectivity index is 2.31. The Morgan fingerprint density at radius 2 is 2.20 bits per heavy atom. The van der Waals surface area contributed by atoms with Crippen LogP contribution in [0.1, 0.15) is 31.2 Å². The van der Waals surface area contributed by atoms with Gasteiger partial charge in [-0.15, -0.1) is 0 Å². The third-order valence-electron chi connectivity index (χ3n) is 3.82. The molecule has 1 saturated heterocycles. The Morgan fingerprint density at radius 1 is 1.45 bits per heavy atom. The fraction of sp³-hybridized carbons (Fsp3) is 0.571. The van der Waals surface area contributed by atoms with Crippen molar-refractivity contribution in [2.75, 3.05) is 18.9 Å². The number of nitrogens with two attached hydrogens (primary N) is 1. The third-order valence-corrected chi connectivity index (χ3v) is 5.91. The molecular weight excluding hydrogens is 276 g/mol. The van der Waals surface area contributed by atoms with Crippen LogP contribution in [-0.2, 0) is 10.0 Å². The summed E-state index contributed by atoms with van der Waals surface area (Å²) < 4.78 is 27.2. The first-order valence-electron chi connectivity index (χ1n) is 6.95. The van der Waals surface area contributed by atoms with Crippen molar-refractivity contribution in [3.63, 3.8) is 0 Å². The number of aliphatic hydroxyl groups excluding tert-OH is 1. The molecule has 1 aromatic rings. The number of sulfonamides is 1. The van der Waals surface area contributed by atoms with Crippen molar-refractivity contribution in [3.8, 4) is 0 Å². The van der Waals surface area contributed by atoms with E-state index >= 15 is 0 Å².